The molecule has 0 radical (unpaired) electrons. The van der Waals surface area contributed by atoms with Crippen LogP contribution in [-0.2, 0) is 10.8 Å². The molecule has 11 aromatic carbocycles. The molecule has 0 N–H and O–H groups in total. The van der Waals surface area contributed by atoms with E-state index in [-0.39, 0.29) is 10.8 Å². The van der Waals surface area contributed by atoms with E-state index in [0.717, 1.165) is 55.0 Å². The van der Waals surface area contributed by atoms with E-state index in [1.165, 1.54) is 121 Å². The van der Waals surface area contributed by atoms with E-state index < -0.39 is 0 Å². The van der Waals surface area contributed by atoms with E-state index in [2.05, 4.69) is 257 Å². The van der Waals surface area contributed by atoms with Gasteiger partial charge < -0.3 is 17.6 Å². The van der Waals surface area contributed by atoms with E-state index in [9.17, 15) is 0 Å². The molecule has 0 saturated carbocycles. The fourth-order valence-corrected chi connectivity index (χ4v) is 13.7. The van der Waals surface area contributed by atoms with Crippen molar-refractivity contribution in [3.63, 3.8) is 0 Å². The third-order valence-corrected chi connectivity index (χ3v) is 17.5. The fraction of sp³-hybridized carbons (Fsp3) is 0.108. The first kappa shape index (κ1) is 43.8. The maximum atomic E-state index is 6.48. The third-order valence-electron chi connectivity index (χ3n) is 17.5. The molecule has 0 unspecified atom stereocenters. The Bertz CT molecular complexity index is 5030. The Balaban J connectivity index is 1.03. The van der Waals surface area contributed by atoms with Gasteiger partial charge in [-0.05, 0) is 127 Å². The van der Waals surface area contributed by atoms with Crippen LogP contribution in [0.2, 0.25) is 0 Å². The first-order valence-corrected chi connectivity index (χ1v) is 27.4. The van der Waals surface area contributed by atoms with Crippen LogP contribution < -0.4 is 0 Å². The summed E-state index contributed by atoms with van der Waals surface area (Å²) in [6.45, 7) is 13.7. The Hall–Kier alpha value is -9.38. The highest BCUT2D eigenvalue weighted by Crippen LogP contribution is 2.54. The van der Waals surface area contributed by atoms with Gasteiger partial charge in [-0.2, -0.15) is 0 Å². The number of hydrogen-bond donors (Lipinski definition) is 0. The summed E-state index contributed by atoms with van der Waals surface area (Å²) in [6, 6.07) is 77.1. The molecule has 78 heavy (non-hydrogen) atoms. The molecule has 0 aliphatic carbocycles. The molecule has 6 heterocycles. The topological polar surface area (TPSA) is 35.1 Å². The highest BCUT2D eigenvalue weighted by atomic mass is 16.3. The molecule has 4 heteroatoms. The molecular formula is C74H52N2O2. The molecular weight excluding hydrogens is 949 g/mol. The molecule has 0 saturated heterocycles. The molecule has 0 aliphatic rings. The minimum atomic E-state index is 0.0590. The molecule has 0 amide bonds. The second-order valence-corrected chi connectivity index (χ2v) is 24.0. The molecule has 4 nitrogen and oxygen atoms in total. The lowest BCUT2D eigenvalue weighted by Crippen LogP contribution is -2.10. The zero-order valence-electron chi connectivity index (χ0n) is 44.3. The van der Waals surface area contributed by atoms with Gasteiger partial charge in [0.15, 0.2) is 0 Å². The van der Waals surface area contributed by atoms with Crippen LogP contribution >= 0.6 is 0 Å². The molecule has 370 valence electrons. The van der Waals surface area contributed by atoms with Crippen LogP contribution in [0.25, 0.3) is 165 Å². The average molecular weight is 1000 g/mol. The SMILES string of the molecule is CC(C)(C)c1ccc(-c2ccc3c(c2)c2c4c5ccc(-c6cccc7oc8ccccc8c67)cc5n5c6ccc(-c7ccc(C(C)(C)C)cc7)cc6c(c6c7ccc(-c8cccc9oc%10ccccc%10c89)cc7n3c26)c45)cc1. The van der Waals surface area contributed by atoms with Crippen LogP contribution in [0.5, 0.6) is 0 Å². The molecule has 17 rings (SSSR count). The summed E-state index contributed by atoms with van der Waals surface area (Å²) < 4.78 is 18.2. The summed E-state index contributed by atoms with van der Waals surface area (Å²) in [5, 5.41) is 14.7. The average Bonchev–Trinajstić information content (AvgIpc) is 3.34. The zero-order valence-corrected chi connectivity index (χ0v) is 44.3. The largest absolute Gasteiger partial charge is 0.456 e. The van der Waals surface area contributed by atoms with Gasteiger partial charge in [-0.1, -0.05) is 187 Å². The lowest BCUT2D eigenvalue weighted by atomic mass is 9.86. The van der Waals surface area contributed by atoms with Gasteiger partial charge in [-0.15, -0.1) is 0 Å². The fourth-order valence-electron chi connectivity index (χ4n) is 13.7. The maximum absolute atomic E-state index is 6.48. The van der Waals surface area contributed by atoms with Crippen LogP contribution in [-0.4, -0.2) is 8.80 Å². The van der Waals surface area contributed by atoms with E-state index in [0.29, 0.717) is 0 Å². The predicted octanol–water partition coefficient (Wildman–Crippen LogP) is 21.0. The van der Waals surface area contributed by atoms with Crippen molar-refractivity contribution in [3.8, 4) is 44.5 Å². The van der Waals surface area contributed by atoms with Crippen molar-refractivity contribution in [2.45, 2.75) is 52.4 Å². The van der Waals surface area contributed by atoms with Crippen LogP contribution in [0.3, 0.4) is 0 Å². The first-order valence-electron chi connectivity index (χ1n) is 27.4. The molecule has 0 atom stereocenters. The maximum Gasteiger partial charge on any atom is 0.136 e. The van der Waals surface area contributed by atoms with Gasteiger partial charge in [0.1, 0.15) is 22.3 Å². The Morgan fingerprint density at radius 3 is 1.06 bits per heavy atom. The Morgan fingerprint density at radius 1 is 0.269 bits per heavy atom. The smallest absolute Gasteiger partial charge is 0.136 e. The molecule has 0 aliphatic heterocycles. The summed E-state index contributed by atoms with van der Waals surface area (Å²) in [7, 11) is 0. The van der Waals surface area contributed by atoms with Gasteiger partial charge in [0, 0.05) is 64.6 Å². The number of rotatable bonds is 4. The number of nitrogens with zero attached hydrogens (tertiary/aromatic N) is 2. The third kappa shape index (κ3) is 5.89. The number of para-hydroxylation sites is 2. The minimum Gasteiger partial charge on any atom is -0.456 e. The zero-order chi connectivity index (χ0) is 52.1. The van der Waals surface area contributed by atoms with Gasteiger partial charge in [-0.3, -0.25) is 0 Å². The Morgan fingerprint density at radius 2 is 0.641 bits per heavy atom. The lowest BCUT2D eigenvalue weighted by Gasteiger charge is -2.19. The van der Waals surface area contributed by atoms with E-state index in [1.807, 2.05) is 0 Å². The van der Waals surface area contributed by atoms with Gasteiger partial charge >= 0.3 is 0 Å². The van der Waals surface area contributed by atoms with E-state index in [4.69, 9.17) is 8.83 Å². The van der Waals surface area contributed by atoms with Gasteiger partial charge in [0.05, 0.1) is 33.1 Å². The summed E-state index contributed by atoms with van der Waals surface area (Å²) >= 11 is 0. The standard InChI is InChI=1S/C74H52N2O2/c1-73(2,3)47-29-21-41(22-30-47)43-27-35-57-55(37-43)69-67-51-33-25-46(50-16-12-20-64-66(50)54-14-8-10-18-62(54)78-64)40-60(51)76-58-36-28-44(42-23-31-48(32-24-42)74(4,5)6)38-56(58)70(72(67)76)68-52-34-26-45(39-59(52)75(57)71(68)69)49-15-11-19-63-65(49)53-13-7-9-17-61(53)77-63/h7-40H,1-6H3. The second kappa shape index (κ2) is 15.2. The highest BCUT2D eigenvalue weighted by Gasteiger charge is 2.30. The predicted molar refractivity (Wildman–Crippen MR) is 329 cm³/mol. The molecule has 0 fully saturated rings. The van der Waals surface area contributed by atoms with Crippen molar-refractivity contribution in [3.05, 3.63) is 217 Å². The van der Waals surface area contributed by atoms with Crippen LogP contribution in [0, 0.1) is 0 Å². The highest BCUT2D eigenvalue weighted by molar-refractivity contribution is 6.45. The van der Waals surface area contributed by atoms with Gasteiger partial charge in [-0.25, -0.2) is 0 Å². The number of furan rings is 2. The van der Waals surface area contributed by atoms with Crippen LogP contribution in [0.15, 0.2) is 215 Å². The quantitative estimate of drug-likeness (QED) is 0.176. The second-order valence-electron chi connectivity index (χ2n) is 24.0. The van der Waals surface area contributed by atoms with Crippen molar-refractivity contribution < 1.29 is 8.83 Å². The lowest BCUT2D eigenvalue weighted by molar-refractivity contribution is 0.590. The number of aromatic nitrogens is 2. The summed E-state index contributed by atoms with van der Waals surface area (Å²) in [5.74, 6) is 0. The number of benzene rings is 11. The Kier molecular flexibility index (Phi) is 8.53. The summed E-state index contributed by atoms with van der Waals surface area (Å²) in [6.07, 6.45) is 0. The summed E-state index contributed by atoms with van der Waals surface area (Å²) in [5.41, 5.74) is 23.2. The van der Waals surface area contributed by atoms with Crippen molar-refractivity contribution >= 4 is 120 Å². The first-order chi connectivity index (χ1) is 37.9. The molecule has 6 aromatic heterocycles. The molecule has 0 spiro atoms. The van der Waals surface area contributed by atoms with E-state index in [1.54, 1.807) is 0 Å². The van der Waals surface area contributed by atoms with Gasteiger partial charge in [0.2, 0.25) is 0 Å². The van der Waals surface area contributed by atoms with Crippen molar-refractivity contribution in [2.24, 2.45) is 0 Å². The van der Waals surface area contributed by atoms with Crippen molar-refractivity contribution in [2.75, 3.05) is 0 Å². The molecule has 17 aromatic rings. The Labute approximate surface area is 449 Å². The number of fused-ring (bicyclic) bond motifs is 20. The van der Waals surface area contributed by atoms with Crippen molar-refractivity contribution in [1.29, 1.82) is 0 Å². The van der Waals surface area contributed by atoms with Crippen molar-refractivity contribution in [1.82, 2.24) is 8.80 Å². The summed E-state index contributed by atoms with van der Waals surface area (Å²) in [4.78, 5) is 0. The van der Waals surface area contributed by atoms with Crippen LogP contribution in [0.1, 0.15) is 52.7 Å². The van der Waals surface area contributed by atoms with Gasteiger partial charge in [0.25, 0.3) is 0 Å². The van der Waals surface area contributed by atoms with Crippen LogP contribution in [0.4, 0.5) is 0 Å². The molecule has 0 bridgehead atoms. The minimum absolute atomic E-state index is 0.0590. The normalized spacial score (nSPS) is 13.0. The monoisotopic (exact) mass is 1000 g/mol. The van der Waals surface area contributed by atoms with E-state index >= 15 is 0 Å². The number of hydrogen-bond acceptors (Lipinski definition) is 2.